The van der Waals surface area contributed by atoms with E-state index in [1.54, 1.807) is 16.7 Å². The number of carbonyl (C=O) groups is 1. The van der Waals surface area contributed by atoms with Crippen LogP contribution in [0.15, 0.2) is 29.4 Å². The zero-order valence-corrected chi connectivity index (χ0v) is 19.8. The lowest BCUT2D eigenvalue weighted by atomic mass is 10.1. The molecule has 1 saturated heterocycles. The Kier molecular flexibility index (Phi) is 6.88. The standard InChI is InChI=1S/C23H25FN4O5S/c1-3-4-13-32-23(29)27-10-7-16(8-11-27)33-22-18-9-12-28(21(18)25-15-26-22)20-6-5-17(14-19(20)24)34(2,30)31/h5-6,14-16H,7-13H2,1-2H3. The van der Waals surface area contributed by atoms with Gasteiger partial charge in [0.2, 0.25) is 5.88 Å². The number of anilines is 2. The van der Waals surface area contributed by atoms with Crippen molar-refractivity contribution in [3.8, 4) is 17.7 Å². The molecular formula is C23H25FN4O5S. The van der Waals surface area contributed by atoms with Crippen LogP contribution in [0.25, 0.3) is 0 Å². The Balaban J connectivity index is 1.44. The first-order chi connectivity index (χ1) is 16.3. The zero-order valence-electron chi connectivity index (χ0n) is 19.0. The van der Waals surface area contributed by atoms with E-state index in [4.69, 9.17) is 9.47 Å². The van der Waals surface area contributed by atoms with E-state index in [1.165, 1.54) is 18.5 Å². The van der Waals surface area contributed by atoms with E-state index in [9.17, 15) is 17.6 Å². The van der Waals surface area contributed by atoms with Gasteiger partial charge in [0.25, 0.3) is 0 Å². The van der Waals surface area contributed by atoms with Crippen LogP contribution in [0.5, 0.6) is 5.88 Å². The third kappa shape index (κ3) is 5.07. The Morgan fingerprint density at radius 3 is 2.68 bits per heavy atom. The van der Waals surface area contributed by atoms with E-state index >= 15 is 0 Å². The molecule has 4 rings (SSSR count). The third-order valence-corrected chi connectivity index (χ3v) is 6.90. The highest BCUT2D eigenvalue weighted by molar-refractivity contribution is 7.90. The summed E-state index contributed by atoms with van der Waals surface area (Å²) in [5, 5.41) is 0. The van der Waals surface area contributed by atoms with Gasteiger partial charge in [-0.2, -0.15) is 0 Å². The number of ether oxygens (including phenoxy) is 2. The minimum atomic E-state index is -3.51. The van der Waals surface area contributed by atoms with Crippen LogP contribution >= 0.6 is 0 Å². The highest BCUT2D eigenvalue weighted by Gasteiger charge is 2.31. The highest BCUT2D eigenvalue weighted by Crippen LogP contribution is 2.38. The van der Waals surface area contributed by atoms with Crippen molar-refractivity contribution in [3.05, 3.63) is 35.9 Å². The van der Waals surface area contributed by atoms with Gasteiger partial charge in [-0.25, -0.2) is 27.6 Å². The molecule has 11 heteroatoms. The van der Waals surface area contributed by atoms with Crippen molar-refractivity contribution >= 4 is 27.4 Å². The molecule has 1 aromatic carbocycles. The van der Waals surface area contributed by atoms with Gasteiger partial charge in [-0.1, -0.05) is 5.92 Å². The van der Waals surface area contributed by atoms with Gasteiger partial charge in [0, 0.05) is 38.7 Å². The van der Waals surface area contributed by atoms with E-state index in [-0.39, 0.29) is 29.4 Å². The molecule has 0 radical (unpaired) electrons. The number of carbonyl (C=O) groups excluding carboxylic acids is 1. The number of aromatic nitrogens is 2. The molecule has 34 heavy (non-hydrogen) atoms. The predicted molar refractivity (Wildman–Crippen MR) is 122 cm³/mol. The van der Waals surface area contributed by atoms with Gasteiger partial charge in [-0.05, 0) is 31.5 Å². The van der Waals surface area contributed by atoms with Crippen LogP contribution in [0, 0.1) is 17.7 Å². The molecule has 0 aliphatic carbocycles. The quantitative estimate of drug-likeness (QED) is 0.592. The predicted octanol–water partition coefficient (Wildman–Crippen LogP) is 2.72. The largest absolute Gasteiger partial charge is 0.474 e. The van der Waals surface area contributed by atoms with Crippen LogP contribution < -0.4 is 9.64 Å². The third-order valence-electron chi connectivity index (χ3n) is 5.79. The lowest BCUT2D eigenvalue weighted by Gasteiger charge is -2.31. The van der Waals surface area contributed by atoms with Gasteiger partial charge in [0.1, 0.15) is 24.1 Å². The van der Waals surface area contributed by atoms with Crippen LogP contribution in [0.4, 0.5) is 20.7 Å². The topological polar surface area (TPSA) is 102 Å². The molecule has 0 saturated carbocycles. The van der Waals surface area contributed by atoms with Gasteiger partial charge in [-0.15, -0.1) is 5.92 Å². The van der Waals surface area contributed by atoms with Crippen molar-refractivity contribution in [2.24, 2.45) is 0 Å². The van der Waals surface area contributed by atoms with Gasteiger partial charge in [-0.3, -0.25) is 0 Å². The number of piperidine rings is 1. The fourth-order valence-corrected chi connectivity index (χ4v) is 4.65. The van der Waals surface area contributed by atoms with E-state index in [0.29, 0.717) is 50.6 Å². The molecule has 3 heterocycles. The first kappa shape index (κ1) is 23.8. The number of nitrogens with zero attached hydrogens (tertiary/aromatic N) is 4. The first-order valence-corrected chi connectivity index (χ1v) is 12.8. The molecule has 9 nitrogen and oxygen atoms in total. The summed E-state index contributed by atoms with van der Waals surface area (Å²) in [7, 11) is -3.51. The summed E-state index contributed by atoms with van der Waals surface area (Å²) < 4.78 is 49.5. The second-order valence-corrected chi connectivity index (χ2v) is 10.1. The number of sulfone groups is 1. The minimum absolute atomic E-state index is 0.0756. The number of fused-ring (bicyclic) bond motifs is 1. The van der Waals surface area contributed by atoms with Crippen molar-refractivity contribution in [3.63, 3.8) is 0 Å². The lowest BCUT2D eigenvalue weighted by molar-refractivity contribution is 0.0719. The summed E-state index contributed by atoms with van der Waals surface area (Å²) in [6, 6.07) is 3.86. The van der Waals surface area contributed by atoms with Crippen molar-refractivity contribution in [1.82, 2.24) is 14.9 Å². The van der Waals surface area contributed by atoms with Crippen LogP contribution in [0.1, 0.15) is 25.3 Å². The summed E-state index contributed by atoms with van der Waals surface area (Å²) >= 11 is 0. The van der Waals surface area contributed by atoms with Crippen molar-refractivity contribution in [2.75, 3.05) is 37.4 Å². The number of benzene rings is 1. The van der Waals surface area contributed by atoms with Crippen LogP contribution in [-0.4, -0.2) is 68.0 Å². The summed E-state index contributed by atoms with van der Waals surface area (Å²) in [5.41, 5.74) is 1.02. The Morgan fingerprint density at radius 2 is 2.00 bits per heavy atom. The van der Waals surface area contributed by atoms with Gasteiger partial charge in [0.05, 0.1) is 16.1 Å². The number of likely N-dealkylation sites (tertiary alicyclic amines) is 1. The average molecular weight is 489 g/mol. The Labute approximate surface area is 197 Å². The number of hydrogen-bond acceptors (Lipinski definition) is 8. The molecule has 1 fully saturated rings. The Morgan fingerprint density at radius 1 is 1.24 bits per heavy atom. The number of rotatable bonds is 5. The monoisotopic (exact) mass is 488 g/mol. The van der Waals surface area contributed by atoms with E-state index < -0.39 is 15.7 Å². The number of amides is 1. The molecule has 0 bridgehead atoms. The van der Waals surface area contributed by atoms with Gasteiger partial charge >= 0.3 is 6.09 Å². The maximum absolute atomic E-state index is 14.8. The average Bonchev–Trinajstić information content (AvgIpc) is 3.24. The molecule has 180 valence electrons. The van der Waals surface area contributed by atoms with Gasteiger partial charge in [0.15, 0.2) is 16.4 Å². The Hall–Kier alpha value is -3.39. The zero-order chi connectivity index (χ0) is 24.3. The molecule has 0 atom stereocenters. The van der Waals surface area contributed by atoms with E-state index in [0.717, 1.165) is 17.9 Å². The maximum atomic E-state index is 14.8. The molecular weight excluding hydrogens is 463 g/mol. The fraction of sp³-hybridized carbons (Fsp3) is 0.435. The SMILES string of the molecule is CC#CCOC(=O)N1CCC(Oc2ncnc3c2CCN3c2ccc(S(C)(=O)=O)cc2F)CC1. The Bertz CT molecular complexity index is 1250. The second-order valence-electron chi connectivity index (χ2n) is 8.05. The smallest absolute Gasteiger partial charge is 0.410 e. The fourth-order valence-electron chi connectivity index (χ4n) is 4.02. The van der Waals surface area contributed by atoms with Crippen molar-refractivity contribution < 1.29 is 27.1 Å². The molecule has 0 N–H and O–H groups in total. The molecule has 0 spiro atoms. The summed E-state index contributed by atoms with van der Waals surface area (Å²) in [6.45, 7) is 3.23. The molecule has 2 aliphatic rings. The van der Waals surface area contributed by atoms with Crippen LogP contribution in [0.3, 0.4) is 0 Å². The molecule has 2 aromatic rings. The molecule has 2 aliphatic heterocycles. The second kappa shape index (κ2) is 9.85. The lowest BCUT2D eigenvalue weighted by Crippen LogP contribution is -2.42. The summed E-state index contributed by atoms with van der Waals surface area (Å²) in [6.07, 6.45) is 3.70. The molecule has 1 aromatic heterocycles. The molecule has 1 amide bonds. The van der Waals surface area contributed by atoms with Crippen LogP contribution in [-0.2, 0) is 21.0 Å². The number of hydrogen-bond donors (Lipinski definition) is 0. The maximum Gasteiger partial charge on any atom is 0.410 e. The van der Waals surface area contributed by atoms with Crippen LogP contribution in [0.2, 0.25) is 0 Å². The molecule has 0 unspecified atom stereocenters. The summed E-state index contributed by atoms with van der Waals surface area (Å²) in [4.78, 5) is 23.9. The summed E-state index contributed by atoms with van der Waals surface area (Å²) in [5.74, 6) is 5.72. The van der Waals surface area contributed by atoms with Crippen molar-refractivity contribution in [1.29, 1.82) is 0 Å². The van der Waals surface area contributed by atoms with E-state index in [1.807, 2.05) is 0 Å². The highest BCUT2D eigenvalue weighted by atomic mass is 32.2. The van der Waals surface area contributed by atoms with Gasteiger partial charge < -0.3 is 19.3 Å². The first-order valence-electron chi connectivity index (χ1n) is 10.9. The minimum Gasteiger partial charge on any atom is -0.474 e. The van der Waals surface area contributed by atoms with Crippen molar-refractivity contribution in [2.45, 2.75) is 37.2 Å². The normalized spacial score (nSPS) is 16.0. The van der Waals surface area contributed by atoms with E-state index in [2.05, 4.69) is 21.8 Å². The number of halogens is 1.